The van der Waals surface area contributed by atoms with E-state index >= 15 is 0 Å². The van der Waals surface area contributed by atoms with E-state index in [1.165, 1.54) is 24.3 Å². The van der Waals surface area contributed by atoms with Gasteiger partial charge in [-0.1, -0.05) is 18.2 Å². The molecule has 2 aliphatic heterocycles. The molecule has 2 saturated heterocycles. The first-order chi connectivity index (χ1) is 17.0. The maximum absolute atomic E-state index is 13.5. The predicted molar refractivity (Wildman–Crippen MR) is 135 cm³/mol. The van der Waals surface area contributed by atoms with Gasteiger partial charge in [-0.2, -0.15) is 0 Å². The molecule has 0 atom stereocenters. The Morgan fingerprint density at radius 3 is 1.97 bits per heavy atom. The molecular weight excluding hydrogens is 446 g/mol. The van der Waals surface area contributed by atoms with Gasteiger partial charge < -0.3 is 20.0 Å². The molecule has 3 aromatic rings. The van der Waals surface area contributed by atoms with Crippen LogP contribution in [0, 0.1) is 11.6 Å². The van der Waals surface area contributed by atoms with Gasteiger partial charge in [-0.15, -0.1) is 0 Å². The van der Waals surface area contributed by atoms with Crippen LogP contribution in [0.4, 0.5) is 25.8 Å². The molecule has 1 spiro atoms. The summed E-state index contributed by atoms with van der Waals surface area (Å²) in [6.45, 7) is 3.86. The van der Waals surface area contributed by atoms with Crippen LogP contribution in [-0.4, -0.2) is 49.2 Å². The van der Waals surface area contributed by atoms with E-state index in [2.05, 4.69) is 32.1 Å². The van der Waals surface area contributed by atoms with E-state index in [9.17, 15) is 13.6 Å². The van der Waals surface area contributed by atoms with Gasteiger partial charge in [-0.25, -0.2) is 8.78 Å². The number of carbonyl (C=O) groups is 1. The molecule has 0 aromatic heterocycles. The molecule has 5 rings (SSSR count). The molecule has 0 saturated carbocycles. The van der Waals surface area contributed by atoms with Gasteiger partial charge in [0.1, 0.15) is 17.2 Å². The Kier molecular flexibility index (Phi) is 6.68. The van der Waals surface area contributed by atoms with Crippen LogP contribution in [-0.2, 0) is 4.79 Å². The van der Waals surface area contributed by atoms with Gasteiger partial charge in [0, 0.05) is 36.7 Å². The van der Waals surface area contributed by atoms with Crippen molar-refractivity contribution in [1.29, 1.82) is 0 Å². The second-order valence-electron chi connectivity index (χ2n) is 9.26. The minimum atomic E-state index is -0.480. The summed E-state index contributed by atoms with van der Waals surface area (Å²) in [5.74, 6) is -0.439. The van der Waals surface area contributed by atoms with Crippen molar-refractivity contribution >= 4 is 23.0 Å². The van der Waals surface area contributed by atoms with Gasteiger partial charge >= 0.3 is 0 Å². The van der Waals surface area contributed by atoms with E-state index in [1.807, 2.05) is 18.2 Å². The number of para-hydroxylation sites is 1. The summed E-state index contributed by atoms with van der Waals surface area (Å²) < 4.78 is 27.0. The van der Waals surface area contributed by atoms with Crippen molar-refractivity contribution in [1.82, 2.24) is 10.2 Å². The SMILES string of the molecule is O=C1NCN(c2ccccc2)C12CCN(CCCN(c1ccc(F)cc1)c1ccc(F)cc1)CC2. The molecule has 1 N–H and O–H groups in total. The molecule has 35 heavy (non-hydrogen) atoms. The molecule has 3 aromatic carbocycles. The Labute approximate surface area is 205 Å². The zero-order valence-electron chi connectivity index (χ0n) is 19.7. The van der Waals surface area contributed by atoms with Crippen LogP contribution in [0.5, 0.6) is 0 Å². The fourth-order valence-electron chi connectivity index (χ4n) is 5.28. The third-order valence-electron chi connectivity index (χ3n) is 7.22. The quantitative estimate of drug-likeness (QED) is 0.525. The molecule has 0 aliphatic carbocycles. The molecule has 2 heterocycles. The summed E-state index contributed by atoms with van der Waals surface area (Å²) in [5.41, 5.74) is 2.34. The monoisotopic (exact) mass is 476 g/mol. The van der Waals surface area contributed by atoms with Crippen molar-refractivity contribution < 1.29 is 13.6 Å². The lowest BCUT2D eigenvalue weighted by atomic mass is 9.85. The van der Waals surface area contributed by atoms with Crippen LogP contribution >= 0.6 is 0 Å². The Bertz CT molecular complexity index is 1080. The number of benzene rings is 3. The molecule has 1 amide bonds. The maximum Gasteiger partial charge on any atom is 0.247 e. The molecule has 0 unspecified atom stereocenters. The van der Waals surface area contributed by atoms with Crippen LogP contribution in [0.15, 0.2) is 78.9 Å². The molecule has 182 valence electrons. The zero-order valence-corrected chi connectivity index (χ0v) is 19.7. The van der Waals surface area contributed by atoms with Crippen LogP contribution < -0.4 is 15.1 Å². The average Bonchev–Trinajstić information content (AvgIpc) is 3.20. The minimum absolute atomic E-state index is 0.125. The number of halogens is 2. The predicted octanol–water partition coefficient (Wildman–Crippen LogP) is 4.92. The average molecular weight is 477 g/mol. The first kappa shape index (κ1) is 23.3. The number of carbonyl (C=O) groups excluding carboxylic acids is 1. The van der Waals surface area contributed by atoms with E-state index in [4.69, 9.17) is 0 Å². The van der Waals surface area contributed by atoms with Crippen LogP contribution in [0.1, 0.15) is 19.3 Å². The van der Waals surface area contributed by atoms with E-state index in [0.29, 0.717) is 6.67 Å². The molecule has 2 fully saturated rings. The summed E-state index contributed by atoms with van der Waals surface area (Å²) >= 11 is 0. The molecule has 7 heteroatoms. The van der Waals surface area contributed by atoms with Gasteiger partial charge in [0.25, 0.3) is 0 Å². The Morgan fingerprint density at radius 2 is 1.40 bits per heavy atom. The second kappa shape index (κ2) is 10.0. The third-order valence-corrected chi connectivity index (χ3v) is 7.22. The Balaban J connectivity index is 1.22. The first-order valence-corrected chi connectivity index (χ1v) is 12.2. The third kappa shape index (κ3) is 4.86. The van der Waals surface area contributed by atoms with Crippen molar-refractivity contribution in [2.24, 2.45) is 0 Å². The lowest BCUT2D eigenvalue weighted by molar-refractivity contribution is -0.125. The van der Waals surface area contributed by atoms with Gasteiger partial charge in [0.05, 0.1) is 6.67 Å². The smallest absolute Gasteiger partial charge is 0.247 e. The van der Waals surface area contributed by atoms with Crippen molar-refractivity contribution in [3.8, 4) is 0 Å². The highest BCUT2D eigenvalue weighted by Crippen LogP contribution is 2.36. The van der Waals surface area contributed by atoms with Crippen LogP contribution in [0.3, 0.4) is 0 Å². The van der Waals surface area contributed by atoms with Crippen molar-refractivity contribution in [3.63, 3.8) is 0 Å². The fraction of sp³-hybridized carbons (Fsp3) is 0.321. The van der Waals surface area contributed by atoms with E-state index in [-0.39, 0.29) is 17.5 Å². The molecular formula is C28H30F2N4O. The molecule has 0 bridgehead atoms. The number of rotatable bonds is 7. The van der Waals surface area contributed by atoms with E-state index in [1.54, 1.807) is 24.3 Å². The lowest BCUT2D eigenvalue weighted by Crippen LogP contribution is -2.56. The van der Waals surface area contributed by atoms with Crippen molar-refractivity contribution in [2.75, 3.05) is 42.6 Å². The molecule has 0 radical (unpaired) electrons. The summed E-state index contributed by atoms with van der Waals surface area (Å²) in [5, 5.41) is 3.05. The van der Waals surface area contributed by atoms with Crippen LogP contribution in [0.2, 0.25) is 0 Å². The van der Waals surface area contributed by atoms with Gasteiger partial charge in [-0.05, 0) is 86.5 Å². The Hall–Kier alpha value is -3.45. The number of amides is 1. The highest BCUT2D eigenvalue weighted by Gasteiger charge is 2.50. The largest absolute Gasteiger partial charge is 0.341 e. The normalized spacial score (nSPS) is 17.5. The number of likely N-dealkylation sites (tertiary alicyclic amines) is 1. The number of hydrogen-bond donors (Lipinski definition) is 1. The van der Waals surface area contributed by atoms with Crippen LogP contribution in [0.25, 0.3) is 0 Å². The van der Waals surface area contributed by atoms with Crippen molar-refractivity contribution in [2.45, 2.75) is 24.8 Å². The number of nitrogens with zero attached hydrogens (tertiary/aromatic N) is 3. The van der Waals surface area contributed by atoms with Crippen molar-refractivity contribution in [3.05, 3.63) is 90.5 Å². The highest BCUT2D eigenvalue weighted by molar-refractivity contribution is 5.93. The summed E-state index contributed by atoms with van der Waals surface area (Å²) in [6, 6.07) is 22.9. The molecule has 2 aliphatic rings. The standard InChI is InChI=1S/C28H30F2N4O/c29-22-7-11-24(12-8-22)33(25-13-9-23(30)10-14-25)18-4-17-32-19-15-28(16-20-32)27(35)31-21-34(28)26-5-2-1-3-6-26/h1-3,5-14H,4,15-21H2,(H,31,35). The number of anilines is 3. The zero-order chi connectivity index (χ0) is 24.3. The topological polar surface area (TPSA) is 38.8 Å². The number of piperidine rings is 1. The van der Waals surface area contributed by atoms with Gasteiger partial charge in [-0.3, -0.25) is 4.79 Å². The minimum Gasteiger partial charge on any atom is -0.341 e. The summed E-state index contributed by atoms with van der Waals surface area (Å²) in [4.78, 5) is 19.6. The van der Waals surface area contributed by atoms with Gasteiger partial charge in [0.2, 0.25) is 5.91 Å². The maximum atomic E-state index is 13.5. The summed E-state index contributed by atoms with van der Waals surface area (Å²) in [6.07, 6.45) is 2.46. The number of nitrogens with one attached hydrogen (secondary N) is 1. The first-order valence-electron chi connectivity index (χ1n) is 12.2. The van der Waals surface area contributed by atoms with Gasteiger partial charge in [0.15, 0.2) is 0 Å². The van der Waals surface area contributed by atoms with E-state index in [0.717, 1.165) is 62.5 Å². The fourth-order valence-corrected chi connectivity index (χ4v) is 5.28. The van der Waals surface area contributed by atoms with E-state index < -0.39 is 5.54 Å². The lowest BCUT2D eigenvalue weighted by Gasteiger charge is -2.43. The second-order valence-corrected chi connectivity index (χ2v) is 9.26. The number of hydrogen-bond acceptors (Lipinski definition) is 4. The highest BCUT2D eigenvalue weighted by atomic mass is 19.1. The summed E-state index contributed by atoms with van der Waals surface area (Å²) in [7, 11) is 0. The molecule has 5 nitrogen and oxygen atoms in total. The Morgan fingerprint density at radius 1 is 0.829 bits per heavy atom.